The predicted octanol–water partition coefficient (Wildman–Crippen LogP) is 0.874. The van der Waals surface area contributed by atoms with Crippen LogP contribution in [0.3, 0.4) is 0 Å². The molecule has 2 aliphatic rings. The summed E-state index contributed by atoms with van der Waals surface area (Å²) in [6.45, 7) is 9.17. The van der Waals surface area contributed by atoms with Crippen LogP contribution in [0.4, 0.5) is 5.69 Å². The van der Waals surface area contributed by atoms with Crippen LogP contribution >= 0.6 is 0 Å². The first kappa shape index (κ1) is 11.9. The Balaban J connectivity index is 1.61. The Labute approximate surface area is 109 Å². The number of anilines is 1. The van der Waals surface area contributed by atoms with Crippen molar-refractivity contribution in [2.45, 2.75) is 19.4 Å². The van der Waals surface area contributed by atoms with E-state index in [4.69, 9.17) is 0 Å². The molecule has 0 aliphatic carbocycles. The molecule has 2 fully saturated rings. The molecular weight excluding hydrogens is 224 g/mol. The Morgan fingerprint density at radius 3 is 2.78 bits per heavy atom. The van der Waals surface area contributed by atoms with Gasteiger partial charge in [0.2, 0.25) is 0 Å². The monoisotopic (exact) mass is 246 g/mol. The molecule has 1 aromatic rings. The van der Waals surface area contributed by atoms with Crippen molar-refractivity contribution in [1.29, 1.82) is 0 Å². The minimum Gasteiger partial charge on any atom is -0.369 e. The zero-order valence-corrected chi connectivity index (χ0v) is 11.1. The molecule has 1 unspecified atom stereocenters. The van der Waals surface area contributed by atoms with Crippen LogP contribution in [0, 0.1) is 6.92 Å². The third kappa shape index (κ3) is 2.35. The van der Waals surface area contributed by atoms with E-state index in [0.717, 1.165) is 19.1 Å². The van der Waals surface area contributed by atoms with Crippen LogP contribution in [0.25, 0.3) is 0 Å². The van der Waals surface area contributed by atoms with Crippen molar-refractivity contribution in [3.8, 4) is 0 Å². The number of hydrogen-bond acceptors (Lipinski definition) is 4. The highest BCUT2D eigenvalue weighted by Gasteiger charge is 2.26. The number of hydrogen-bond donors (Lipinski definition) is 1. The number of nitrogens with one attached hydrogen (secondary N) is 1. The molecule has 18 heavy (non-hydrogen) atoms. The lowest BCUT2D eigenvalue weighted by molar-refractivity contribution is 0.196. The molecule has 98 valence electrons. The maximum Gasteiger partial charge on any atom is 0.0427 e. The quantitative estimate of drug-likeness (QED) is 0.839. The van der Waals surface area contributed by atoms with Gasteiger partial charge < -0.3 is 10.2 Å². The molecule has 2 saturated heterocycles. The van der Waals surface area contributed by atoms with Crippen molar-refractivity contribution in [2.75, 3.05) is 44.2 Å². The summed E-state index contributed by atoms with van der Waals surface area (Å²) in [5, 5.41) is 3.46. The van der Waals surface area contributed by atoms with E-state index < -0.39 is 0 Å². The molecule has 4 heteroatoms. The number of piperazine rings is 1. The van der Waals surface area contributed by atoms with E-state index in [1.807, 2.05) is 12.4 Å². The average Bonchev–Trinajstić information content (AvgIpc) is 2.94. The second-order valence-electron chi connectivity index (χ2n) is 5.33. The van der Waals surface area contributed by atoms with Crippen LogP contribution in [-0.4, -0.2) is 55.2 Å². The van der Waals surface area contributed by atoms with E-state index in [-0.39, 0.29) is 0 Å². The van der Waals surface area contributed by atoms with E-state index in [1.54, 1.807) is 0 Å². The first-order valence-electron chi connectivity index (χ1n) is 6.95. The molecule has 0 spiro atoms. The van der Waals surface area contributed by atoms with Crippen LogP contribution in [-0.2, 0) is 0 Å². The third-order valence-electron chi connectivity index (χ3n) is 4.20. The fraction of sp³-hybridized carbons (Fsp3) is 0.643. The number of pyridine rings is 1. The van der Waals surface area contributed by atoms with Gasteiger partial charge in [-0.3, -0.25) is 9.88 Å². The summed E-state index contributed by atoms with van der Waals surface area (Å²) < 4.78 is 0. The molecule has 0 radical (unpaired) electrons. The van der Waals surface area contributed by atoms with Crippen molar-refractivity contribution in [3.05, 3.63) is 24.0 Å². The Kier molecular flexibility index (Phi) is 3.48. The number of rotatable bonds is 2. The molecule has 0 bridgehead atoms. The molecule has 1 atom stereocenters. The SMILES string of the molecule is Cc1cnccc1N1CCN(C2CCNC2)CC1. The summed E-state index contributed by atoms with van der Waals surface area (Å²) in [5.74, 6) is 0. The standard InChI is InChI=1S/C14H22N4/c1-12-10-15-5-3-14(12)18-8-6-17(7-9-18)13-2-4-16-11-13/h3,5,10,13,16H,2,4,6-9,11H2,1H3. The van der Waals surface area contributed by atoms with Gasteiger partial charge in [-0.15, -0.1) is 0 Å². The van der Waals surface area contributed by atoms with Gasteiger partial charge in [0.1, 0.15) is 0 Å². The summed E-state index contributed by atoms with van der Waals surface area (Å²) >= 11 is 0. The zero-order valence-electron chi connectivity index (χ0n) is 11.1. The minimum atomic E-state index is 0.769. The number of nitrogens with zero attached hydrogens (tertiary/aromatic N) is 3. The molecule has 0 amide bonds. The topological polar surface area (TPSA) is 31.4 Å². The maximum atomic E-state index is 4.17. The molecule has 3 rings (SSSR count). The third-order valence-corrected chi connectivity index (χ3v) is 4.20. The van der Waals surface area contributed by atoms with Crippen LogP contribution in [0.15, 0.2) is 18.5 Å². The first-order chi connectivity index (χ1) is 8.84. The van der Waals surface area contributed by atoms with Crippen molar-refractivity contribution in [1.82, 2.24) is 15.2 Å². The zero-order chi connectivity index (χ0) is 12.4. The van der Waals surface area contributed by atoms with E-state index in [2.05, 4.69) is 33.1 Å². The summed E-state index contributed by atoms with van der Waals surface area (Å²) in [4.78, 5) is 9.31. The average molecular weight is 246 g/mol. The van der Waals surface area contributed by atoms with Gasteiger partial charge in [-0.2, -0.15) is 0 Å². The predicted molar refractivity (Wildman–Crippen MR) is 74.0 cm³/mol. The summed E-state index contributed by atoms with van der Waals surface area (Å²) in [6.07, 6.45) is 5.17. The lowest BCUT2D eigenvalue weighted by Crippen LogP contribution is -2.51. The van der Waals surface area contributed by atoms with Crippen molar-refractivity contribution >= 4 is 5.69 Å². The summed E-state index contributed by atoms with van der Waals surface area (Å²) in [5.41, 5.74) is 2.64. The Hall–Kier alpha value is -1.13. The highest BCUT2D eigenvalue weighted by atomic mass is 15.3. The molecule has 1 aromatic heterocycles. The Bertz CT molecular complexity index is 393. The van der Waals surface area contributed by atoms with E-state index >= 15 is 0 Å². The number of aromatic nitrogens is 1. The Morgan fingerprint density at radius 1 is 1.28 bits per heavy atom. The Morgan fingerprint density at radius 2 is 2.11 bits per heavy atom. The van der Waals surface area contributed by atoms with E-state index in [1.165, 1.54) is 43.9 Å². The van der Waals surface area contributed by atoms with Gasteiger partial charge in [-0.05, 0) is 31.5 Å². The number of aryl methyl sites for hydroxylation is 1. The van der Waals surface area contributed by atoms with Crippen molar-refractivity contribution in [2.24, 2.45) is 0 Å². The summed E-state index contributed by atoms with van der Waals surface area (Å²) in [6, 6.07) is 2.91. The smallest absolute Gasteiger partial charge is 0.0427 e. The van der Waals surface area contributed by atoms with Gasteiger partial charge >= 0.3 is 0 Å². The molecule has 0 aromatic carbocycles. The first-order valence-corrected chi connectivity index (χ1v) is 6.95. The fourth-order valence-electron chi connectivity index (χ4n) is 3.10. The molecule has 3 heterocycles. The fourth-order valence-corrected chi connectivity index (χ4v) is 3.10. The second-order valence-corrected chi connectivity index (χ2v) is 5.33. The summed E-state index contributed by atoms with van der Waals surface area (Å²) in [7, 11) is 0. The van der Waals surface area contributed by atoms with Gasteiger partial charge in [-0.25, -0.2) is 0 Å². The molecule has 4 nitrogen and oxygen atoms in total. The largest absolute Gasteiger partial charge is 0.369 e. The molecule has 2 aliphatic heterocycles. The minimum absolute atomic E-state index is 0.769. The second kappa shape index (κ2) is 5.24. The van der Waals surface area contributed by atoms with Crippen LogP contribution in [0.1, 0.15) is 12.0 Å². The van der Waals surface area contributed by atoms with Gasteiger partial charge in [-0.1, -0.05) is 0 Å². The van der Waals surface area contributed by atoms with Crippen molar-refractivity contribution in [3.63, 3.8) is 0 Å². The normalized spacial score (nSPS) is 25.6. The molecule has 0 saturated carbocycles. The maximum absolute atomic E-state index is 4.17. The van der Waals surface area contributed by atoms with Gasteiger partial charge in [0.05, 0.1) is 0 Å². The highest BCUT2D eigenvalue weighted by molar-refractivity contribution is 5.51. The highest BCUT2D eigenvalue weighted by Crippen LogP contribution is 2.21. The van der Waals surface area contributed by atoms with Gasteiger partial charge in [0.25, 0.3) is 0 Å². The van der Waals surface area contributed by atoms with Crippen LogP contribution in [0.2, 0.25) is 0 Å². The molecular formula is C14H22N4. The van der Waals surface area contributed by atoms with Crippen LogP contribution < -0.4 is 10.2 Å². The molecule has 1 N–H and O–H groups in total. The lowest BCUT2D eigenvalue weighted by atomic mass is 10.1. The van der Waals surface area contributed by atoms with Gasteiger partial charge in [0.15, 0.2) is 0 Å². The van der Waals surface area contributed by atoms with Crippen molar-refractivity contribution < 1.29 is 0 Å². The van der Waals surface area contributed by atoms with E-state index in [0.29, 0.717) is 0 Å². The van der Waals surface area contributed by atoms with E-state index in [9.17, 15) is 0 Å². The van der Waals surface area contributed by atoms with Crippen LogP contribution in [0.5, 0.6) is 0 Å². The van der Waals surface area contributed by atoms with Gasteiger partial charge in [0, 0.05) is 56.8 Å². The lowest BCUT2D eigenvalue weighted by Gasteiger charge is -2.39.